The van der Waals surface area contributed by atoms with E-state index in [4.69, 9.17) is 14.2 Å². The molecule has 0 unspecified atom stereocenters. The number of amides is 1. The Kier molecular flexibility index (Phi) is 5.50. The number of carbonyl (C=O) groups excluding carboxylic acids is 1. The van der Waals surface area contributed by atoms with E-state index in [1.807, 2.05) is 12.1 Å². The number of nitrogens with one attached hydrogen (secondary N) is 2. The van der Waals surface area contributed by atoms with Gasteiger partial charge in [-0.25, -0.2) is 0 Å². The second kappa shape index (κ2) is 7.17. The third-order valence-corrected chi connectivity index (χ3v) is 4.09. The number of fused-ring (bicyclic) bond motifs is 1. The van der Waals surface area contributed by atoms with E-state index in [9.17, 15) is 4.79 Å². The lowest BCUT2D eigenvalue weighted by molar-refractivity contribution is -0.130. The van der Waals surface area contributed by atoms with E-state index in [1.54, 1.807) is 13.2 Å². The highest BCUT2D eigenvalue weighted by atomic mass is 35.5. The van der Waals surface area contributed by atoms with Crippen LogP contribution < -0.4 is 20.1 Å². The van der Waals surface area contributed by atoms with Gasteiger partial charge in [0, 0.05) is 18.9 Å². The molecule has 1 aromatic carbocycles. The van der Waals surface area contributed by atoms with Gasteiger partial charge in [-0.15, -0.1) is 12.4 Å². The molecule has 1 saturated heterocycles. The summed E-state index contributed by atoms with van der Waals surface area (Å²) in [6.45, 7) is 2.33. The predicted molar refractivity (Wildman–Crippen MR) is 84.9 cm³/mol. The van der Waals surface area contributed by atoms with Crippen LogP contribution in [0.25, 0.3) is 0 Å². The zero-order valence-electron chi connectivity index (χ0n) is 12.5. The molecule has 0 saturated carbocycles. The van der Waals surface area contributed by atoms with E-state index in [1.165, 1.54) is 0 Å². The van der Waals surface area contributed by atoms with Crippen molar-refractivity contribution in [2.45, 2.75) is 12.8 Å². The maximum Gasteiger partial charge on any atom is 0.233 e. The van der Waals surface area contributed by atoms with Crippen LogP contribution in [0.3, 0.4) is 0 Å². The number of rotatable bonds is 4. The van der Waals surface area contributed by atoms with Crippen molar-refractivity contribution in [2.75, 3.05) is 38.9 Å². The molecule has 2 heterocycles. The third kappa shape index (κ3) is 3.29. The van der Waals surface area contributed by atoms with Crippen LogP contribution in [0.1, 0.15) is 12.8 Å². The van der Waals surface area contributed by atoms with Crippen molar-refractivity contribution >= 4 is 24.0 Å². The molecule has 2 N–H and O–H groups in total. The van der Waals surface area contributed by atoms with Gasteiger partial charge in [0.1, 0.15) is 0 Å². The summed E-state index contributed by atoms with van der Waals surface area (Å²) >= 11 is 0. The fourth-order valence-electron chi connectivity index (χ4n) is 2.86. The number of ether oxygens (including phenoxy) is 3. The highest BCUT2D eigenvalue weighted by molar-refractivity contribution is 5.95. The topological polar surface area (TPSA) is 68.8 Å². The smallest absolute Gasteiger partial charge is 0.233 e. The van der Waals surface area contributed by atoms with Crippen LogP contribution in [0.2, 0.25) is 0 Å². The first-order valence-corrected chi connectivity index (χ1v) is 7.14. The molecule has 0 aromatic heterocycles. The first-order valence-electron chi connectivity index (χ1n) is 7.14. The van der Waals surface area contributed by atoms with Gasteiger partial charge in [-0.2, -0.15) is 0 Å². The van der Waals surface area contributed by atoms with Crippen molar-refractivity contribution in [3.05, 3.63) is 18.2 Å². The molecule has 1 aromatic rings. The molecule has 22 heavy (non-hydrogen) atoms. The van der Waals surface area contributed by atoms with Crippen molar-refractivity contribution in [1.82, 2.24) is 5.32 Å². The zero-order valence-corrected chi connectivity index (χ0v) is 13.3. The number of hydrogen-bond acceptors (Lipinski definition) is 5. The van der Waals surface area contributed by atoms with Gasteiger partial charge in [0.2, 0.25) is 12.7 Å². The van der Waals surface area contributed by atoms with Crippen LogP contribution in [-0.2, 0) is 9.53 Å². The molecule has 1 amide bonds. The average molecular weight is 329 g/mol. The van der Waals surface area contributed by atoms with Gasteiger partial charge in [0.15, 0.2) is 11.5 Å². The Morgan fingerprint density at radius 3 is 2.77 bits per heavy atom. The average Bonchev–Trinajstić information content (AvgIpc) is 2.96. The summed E-state index contributed by atoms with van der Waals surface area (Å²) < 4.78 is 15.9. The van der Waals surface area contributed by atoms with E-state index in [0.29, 0.717) is 18.1 Å². The zero-order chi connectivity index (χ0) is 14.7. The van der Waals surface area contributed by atoms with Crippen molar-refractivity contribution in [1.29, 1.82) is 0 Å². The normalized spacial score (nSPS) is 18.4. The molecule has 0 aliphatic carbocycles. The quantitative estimate of drug-likeness (QED) is 0.882. The summed E-state index contributed by atoms with van der Waals surface area (Å²) in [5, 5.41) is 6.26. The van der Waals surface area contributed by atoms with E-state index in [0.717, 1.165) is 31.6 Å². The molecule has 0 spiro atoms. The number of methoxy groups -OCH3 is 1. The molecule has 0 bridgehead atoms. The van der Waals surface area contributed by atoms with Gasteiger partial charge in [0.05, 0.1) is 12.0 Å². The molecule has 6 nitrogen and oxygen atoms in total. The molecule has 2 aliphatic rings. The molecule has 0 atom stereocenters. The van der Waals surface area contributed by atoms with Gasteiger partial charge < -0.3 is 24.8 Å². The number of halogens is 1. The summed E-state index contributed by atoms with van der Waals surface area (Å²) in [6, 6.07) is 5.43. The minimum absolute atomic E-state index is 0. The van der Waals surface area contributed by atoms with E-state index < -0.39 is 5.41 Å². The summed E-state index contributed by atoms with van der Waals surface area (Å²) in [7, 11) is 1.64. The number of anilines is 1. The molecule has 7 heteroatoms. The molecule has 3 rings (SSSR count). The number of benzene rings is 1. The SMILES string of the molecule is COCC1(C(=O)Nc2ccc3c(c2)OCO3)CCNCC1.Cl. The minimum atomic E-state index is -0.462. The Hall–Kier alpha value is -1.50. The molecule has 2 aliphatic heterocycles. The van der Waals surface area contributed by atoms with Crippen molar-refractivity contribution in [2.24, 2.45) is 5.41 Å². The lowest BCUT2D eigenvalue weighted by atomic mass is 9.78. The third-order valence-electron chi connectivity index (χ3n) is 4.09. The number of piperidine rings is 1. The van der Waals surface area contributed by atoms with Gasteiger partial charge in [0.25, 0.3) is 0 Å². The van der Waals surface area contributed by atoms with E-state index in [2.05, 4.69) is 10.6 Å². The van der Waals surface area contributed by atoms with Crippen LogP contribution in [0.4, 0.5) is 5.69 Å². The van der Waals surface area contributed by atoms with Crippen LogP contribution in [0.5, 0.6) is 11.5 Å². The van der Waals surface area contributed by atoms with Gasteiger partial charge in [-0.3, -0.25) is 4.79 Å². The summed E-state index contributed by atoms with van der Waals surface area (Å²) in [5.74, 6) is 1.38. The summed E-state index contributed by atoms with van der Waals surface area (Å²) in [5.41, 5.74) is 0.259. The van der Waals surface area contributed by atoms with Crippen molar-refractivity contribution in [3.63, 3.8) is 0 Å². The van der Waals surface area contributed by atoms with E-state index >= 15 is 0 Å². The van der Waals surface area contributed by atoms with Gasteiger partial charge in [-0.05, 0) is 38.1 Å². The lowest BCUT2D eigenvalue weighted by Gasteiger charge is -2.35. The maximum absolute atomic E-state index is 12.7. The lowest BCUT2D eigenvalue weighted by Crippen LogP contribution is -2.47. The summed E-state index contributed by atoms with van der Waals surface area (Å²) in [6.07, 6.45) is 1.55. The minimum Gasteiger partial charge on any atom is -0.454 e. The summed E-state index contributed by atoms with van der Waals surface area (Å²) in [4.78, 5) is 12.7. The number of carbonyl (C=O) groups is 1. The van der Waals surface area contributed by atoms with Crippen molar-refractivity contribution in [3.8, 4) is 11.5 Å². The molecular formula is C15H21ClN2O4. The molecule has 1 fully saturated rings. The van der Waals surface area contributed by atoms with Crippen molar-refractivity contribution < 1.29 is 19.0 Å². The van der Waals surface area contributed by atoms with Gasteiger partial charge in [-0.1, -0.05) is 0 Å². The highest BCUT2D eigenvalue weighted by Crippen LogP contribution is 2.36. The Bertz CT molecular complexity index is 527. The number of hydrogen-bond donors (Lipinski definition) is 2. The fourth-order valence-corrected chi connectivity index (χ4v) is 2.86. The van der Waals surface area contributed by atoms with Crippen LogP contribution in [0.15, 0.2) is 18.2 Å². The Labute approximate surface area is 135 Å². The Morgan fingerprint density at radius 2 is 2.05 bits per heavy atom. The Balaban J connectivity index is 0.00000176. The second-order valence-electron chi connectivity index (χ2n) is 5.49. The monoisotopic (exact) mass is 328 g/mol. The molecular weight excluding hydrogens is 308 g/mol. The van der Waals surface area contributed by atoms with Crippen LogP contribution in [-0.4, -0.2) is 39.5 Å². The van der Waals surface area contributed by atoms with E-state index in [-0.39, 0.29) is 25.1 Å². The molecule has 122 valence electrons. The predicted octanol–water partition coefficient (Wildman–Crippen LogP) is 1.79. The maximum atomic E-state index is 12.7. The standard InChI is InChI=1S/C15H20N2O4.ClH/c1-19-9-15(4-6-16-7-5-15)14(18)17-11-2-3-12-13(8-11)21-10-20-12;/h2-3,8,16H,4-7,9-10H2,1H3,(H,17,18);1H. The van der Waals surface area contributed by atoms with Crippen LogP contribution in [0, 0.1) is 5.41 Å². The van der Waals surface area contributed by atoms with Crippen LogP contribution >= 0.6 is 12.4 Å². The second-order valence-corrected chi connectivity index (χ2v) is 5.49. The highest BCUT2D eigenvalue weighted by Gasteiger charge is 2.39. The fraction of sp³-hybridized carbons (Fsp3) is 0.533. The first kappa shape index (κ1) is 16.9. The largest absolute Gasteiger partial charge is 0.454 e. The molecule has 0 radical (unpaired) electrons. The van der Waals surface area contributed by atoms with Gasteiger partial charge >= 0.3 is 0 Å². The first-order chi connectivity index (χ1) is 10.2. The Morgan fingerprint density at radius 1 is 1.32 bits per heavy atom.